The van der Waals surface area contributed by atoms with E-state index < -0.39 is 0 Å². The Morgan fingerprint density at radius 3 is 2.89 bits per heavy atom. The third-order valence-corrected chi connectivity index (χ3v) is 5.67. The zero-order valence-electron chi connectivity index (χ0n) is 16.3. The van der Waals surface area contributed by atoms with Gasteiger partial charge in [-0.05, 0) is 42.8 Å². The van der Waals surface area contributed by atoms with Crippen LogP contribution in [0.15, 0.2) is 49.2 Å². The highest BCUT2D eigenvalue weighted by atomic mass is 16.2. The molecule has 1 N–H and O–H groups in total. The minimum Gasteiger partial charge on any atom is -0.361 e. The Morgan fingerprint density at radius 2 is 2.07 bits per heavy atom. The van der Waals surface area contributed by atoms with Crippen molar-refractivity contribution in [3.8, 4) is 0 Å². The smallest absolute Gasteiger partial charge is 0.219 e. The van der Waals surface area contributed by atoms with Gasteiger partial charge < -0.3 is 9.88 Å². The van der Waals surface area contributed by atoms with Crippen LogP contribution in [0.2, 0.25) is 0 Å². The lowest BCUT2D eigenvalue weighted by atomic mass is 10.1. The van der Waals surface area contributed by atoms with Gasteiger partial charge in [-0.1, -0.05) is 18.2 Å². The number of nitrogens with zero attached hydrogens (tertiary/aromatic N) is 4. The van der Waals surface area contributed by atoms with Gasteiger partial charge in [-0.2, -0.15) is 0 Å². The van der Waals surface area contributed by atoms with Crippen molar-refractivity contribution in [1.29, 1.82) is 0 Å². The van der Waals surface area contributed by atoms with E-state index in [1.54, 1.807) is 19.3 Å². The van der Waals surface area contributed by atoms with E-state index in [4.69, 9.17) is 0 Å². The van der Waals surface area contributed by atoms with E-state index in [0.717, 1.165) is 44.5 Å². The van der Waals surface area contributed by atoms with Gasteiger partial charge in [0, 0.05) is 62.3 Å². The van der Waals surface area contributed by atoms with Crippen LogP contribution in [0.25, 0.3) is 10.9 Å². The molecule has 1 aromatic carbocycles. The van der Waals surface area contributed by atoms with Crippen LogP contribution in [-0.2, 0) is 17.9 Å². The molecule has 6 heteroatoms. The quantitative estimate of drug-likeness (QED) is 0.740. The van der Waals surface area contributed by atoms with Crippen molar-refractivity contribution < 1.29 is 4.79 Å². The number of amides is 1. The van der Waals surface area contributed by atoms with Crippen LogP contribution in [0.1, 0.15) is 37.3 Å². The molecule has 2 aromatic heterocycles. The standard InChI is InChI=1S/C22H27N5O/c1-17(28)27(14-18-12-23-16-24-13-18)21-6-3-10-26(11-8-21)15-20-5-2-4-19-7-9-25-22(19)20/h2,4-5,7,9,12-13,16,21,25H,3,6,8,10-11,14-15H2,1H3. The number of H-pyrrole nitrogens is 1. The summed E-state index contributed by atoms with van der Waals surface area (Å²) in [5.41, 5.74) is 3.56. The third kappa shape index (κ3) is 4.22. The molecule has 28 heavy (non-hydrogen) atoms. The number of para-hydroxylation sites is 1. The summed E-state index contributed by atoms with van der Waals surface area (Å²) in [6.45, 7) is 5.25. The molecular weight excluding hydrogens is 350 g/mol. The van der Waals surface area contributed by atoms with Gasteiger partial charge in [0.25, 0.3) is 0 Å². The second kappa shape index (κ2) is 8.52. The molecule has 1 saturated heterocycles. The van der Waals surface area contributed by atoms with Gasteiger partial charge in [0.2, 0.25) is 5.91 Å². The van der Waals surface area contributed by atoms with Gasteiger partial charge in [-0.3, -0.25) is 9.69 Å². The molecule has 1 aliphatic heterocycles. The fraction of sp³-hybridized carbons (Fsp3) is 0.409. The largest absolute Gasteiger partial charge is 0.361 e. The molecule has 0 radical (unpaired) electrons. The Bertz CT molecular complexity index is 923. The van der Waals surface area contributed by atoms with Gasteiger partial charge in [-0.25, -0.2) is 9.97 Å². The molecule has 3 aromatic rings. The third-order valence-electron chi connectivity index (χ3n) is 5.67. The maximum absolute atomic E-state index is 12.3. The number of fused-ring (bicyclic) bond motifs is 1. The summed E-state index contributed by atoms with van der Waals surface area (Å²) < 4.78 is 0. The van der Waals surface area contributed by atoms with Crippen LogP contribution < -0.4 is 0 Å². The topological polar surface area (TPSA) is 65.1 Å². The monoisotopic (exact) mass is 377 g/mol. The maximum Gasteiger partial charge on any atom is 0.219 e. The van der Waals surface area contributed by atoms with Crippen molar-refractivity contribution in [2.24, 2.45) is 0 Å². The van der Waals surface area contributed by atoms with Crippen LogP contribution in [0.4, 0.5) is 0 Å². The molecule has 1 fully saturated rings. The Kier molecular flexibility index (Phi) is 5.67. The van der Waals surface area contributed by atoms with Crippen molar-refractivity contribution >= 4 is 16.8 Å². The minimum atomic E-state index is 0.124. The average molecular weight is 377 g/mol. The lowest BCUT2D eigenvalue weighted by molar-refractivity contribution is -0.132. The Labute approximate surface area is 165 Å². The number of hydrogen-bond acceptors (Lipinski definition) is 4. The second-order valence-corrected chi connectivity index (χ2v) is 7.61. The summed E-state index contributed by atoms with van der Waals surface area (Å²) in [5.74, 6) is 0.124. The van der Waals surface area contributed by atoms with Crippen LogP contribution in [-0.4, -0.2) is 49.8 Å². The first kappa shape index (κ1) is 18.6. The second-order valence-electron chi connectivity index (χ2n) is 7.61. The molecule has 1 aliphatic rings. The first-order chi connectivity index (χ1) is 13.7. The zero-order chi connectivity index (χ0) is 19.3. The van der Waals surface area contributed by atoms with Crippen molar-refractivity contribution in [2.75, 3.05) is 13.1 Å². The summed E-state index contributed by atoms with van der Waals surface area (Å²) in [7, 11) is 0. The van der Waals surface area contributed by atoms with Gasteiger partial charge in [-0.15, -0.1) is 0 Å². The molecular formula is C22H27N5O. The summed E-state index contributed by atoms with van der Waals surface area (Å²) in [5, 5.41) is 1.26. The Morgan fingerprint density at radius 1 is 1.21 bits per heavy atom. The predicted molar refractivity (Wildman–Crippen MR) is 109 cm³/mol. The number of carbonyl (C=O) groups excluding carboxylic acids is 1. The maximum atomic E-state index is 12.3. The summed E-state index contributed by atoms with van der Waals surface area (Å²) in [6.07, 6.45) is 10.2. The molecule has 6 nitrogen and oxygen atoms in total. The zero-order valence-corrected chi connectivity index (χ0v) is 16.3. The van der Waals surface area contributed by atoms with Crippen molar-refractivity contribution in [1.82, 2.24) is 24.8 Å². The van der Waals surface area contributed by atoms with Crippen LogP contribution in [0.5, 0.6) is 0 Å². The molecule has 3 heterocycles. The first-order valence-electron chi connectivity index (χ1n) is 9.99. The fourth-order valence-electron chi connectivity index (χ4n) is 4.24. The molecule has 0 saturated carbocycles. The molecule has 0 spiro atoms. The van der Waals surface area contributed by atoms with E-state index >= 15 is 0 Å². The minimum absolute atomic E-state index is 0.124. The summed E-state index contributed by atoms with van der Waals surface area (Å²) in [4.78, 5) is 28.4. The lowest BCUT2D eigenvalue weighted by Gasteiger charge is -2.30. The predicted octanol–water partition coefficient (Wildman–Crippen LogP) is 3.36. The van der Waals surface area contributed by atoms with Gasteiger partial charge in [0.05, 0.1) is 0 Å². The highest BCUT2D eigenvalue weighted by Gasteiger charge is 2.25. The molecule has 0 aliphatic carbocycles. The van der Waals surface area contributed by atoms with Crippen molar-refractivity contribution in [3.63, 3.8) is 0 Å². The van der Waals surface area contributed by atoms with E-state index in [0.29, 0.717) is 6.54 Å². The van der Waals surface area contributed by atoms with Crippen molar-refractivity contribution in [3.05, 3.63) is 60.3 Å². The number of benzene rings is 1. The fourth-order valence-corrected chi connectivity index (χ4v) is 4.24. The van der Waals surface area contributed by atoms with E-state index in [1.807, 2.05) is 11.1 Å². The average Bonchev–Trinajstić information content (AvgIpc) is 3.08. The number of nitrogens with one attached hydrogen (secondary N) is 1. The SMILES string of the molecule is CC(=O)N(Cc1cncnc1)C1CCCN(Cc2cccc3cc[nH]c23)CC1. The van der Waals surface area contributed by atoms with E-state index in [1.165, 1.54) is 22.8 Å². The van der Waals surface area contributed by atoms with Crippen LogP contribution >= 0.6 is 0 Å². The van der Waals surface area contributed by atoms with Crippen LogP contribution in [0, 0.1) is 0 Å². The van der Waals surface area contributed by atoms with Crippen LogP contribution in [0.3, 0.4) is 0 Å². The molecule has 1 unspecified atom stereocenters. The van der Waals surface area contributed by atoms with Gasteiger partial charge >= 0.3 is 0 Å². The molecule has 4 rings (SSSR count). The normalized spacial score (nSPS) is 18.1. The molecule has 1 amide bonds. The molecule has 146 valence electrons. The Hall–Kier alpha value is -2.73. The molecule has 1 atom stereocenters. The van der Waals surface area contributed by atoms with Crippen molar-refractivity contribution in [2.45, 2.75) is 45.3 Å². The number of carbonyl (C=O) groups is 1. The lowest BCUT2D eigenvalue weighted by Crippen LogP contribution is -2.39. The summed E-state index contributed by atoms with van der Waals surface area (Å²) in [6, 6.07) is 8.87. The number of hydrogen-bond donors (Lipinski definition) is 1. The van der Waals surface area contributed by atoms with E-state index in [-0.39, 0.29) is 11.9 Å². The number of aromatic amines is 1. The molecule has 0 bridgehead atoms. The summed E-state index contributed by atoms with van der Waals surface area (Å²) >= 11 is 0. The first-order valence-corrected chi connectivity index (χ1v) is 9.99. The number of rotatable bonds is 5. The highest BCUT2D eigenvalue weighted by Crippen LogP contribution is 2.23. The Balaban J connectivity index is 1.42. The number of aromatic nitrogens is 3. The number of likely N-dealkylation sites (tertiary alicyclic amines) is 1. The van der Waals surface area contributed by atoms with E-state index in [9.17, 15) is 4.79 Å². The van der Waals surface area contributed by atoms with Gasteiger partial charge in [0.1, 0.15) is 6.33 Å². The van der Waals surface area contributed by atoms with E-state index in [2.05, 4.69) is 44.1 Å². The van der Waals surface area contributed by atoms with Gasteiger partial charge in [0.15, 0.2) is 0 Å². The highest BCUT2D eigenvalue weighted by molar-refractivity contribution is 5.82.